The number of aliphatic hydroxyl groups is 1. The van der Waals surface area contributed by atoms with Gasteiger partial charge in [0, 0.05) is 38.1 Å². The Morgan fingerprint density at radius 3 is 2.60 bits per heavy atom. The van der Waals surface area contributed by atoms with Gasteiger partial charge in [0.15, 0.2) is 0 Å². The fraction of sp³-hybridized carbons (Fsp3) is 0.533. The largest absolute Gasteiger partial charge is 0.395 e. The molecular weight excluding hydrogens is 254 g/mol. The van der Waals surface area contributed by atoms with Crippen LogP contribution in [-0.2, 0) is 0 Å². The SMILES string of the molecule is Cc1cc(NC(=O)N(CCO)C2CC2)ccc1N(C)C. The van der Waals surface area contributed by atoms with Crippen LogP contribution in [0.25, 0.3) is 0 Å². The highest BCUT2D eigenvalue weighted by Gasteiger charge is 2.32. The second-order valence-corrected chi connectivity index (χ2v) is 5.47. The Kier molecular flexibility index (Phi) is 4.49. The van der Waals surface area contributed by atoms with Crippen molar-refractivity contribution in [1.29, 1.82) is 0 Å². The van der Waals surface area contributed by atoms with Crippen molar-refractivity contribution in [2.24, 2.45) is 0 Å². The Balaban J connectivity index is 2.05. The molecule has 1 fully saturated rings. The molecule has 2 amide bonds. The van der Waals surface area contributed by atoms with Gasteiger partial charge in [-0.05, 0) is 43.5 Å². The molecule has 1 aliphatic carbocycles. The number of anilines is 2. The highest BCUT2D eigenvalue weighted by Crippen LogP contribution is 2.28. The number of nitrogens with one attached hydrogen (secondary N) is 1. The quantitative estimate of drug-likeness (QED) is 0.866. The summed E-state index contributed by atoms with van der Waals surface area (Å²) in [5.74, 6) is 0. The van der Waals surface area contributed by atoms with Crippen molar-refractivity contribution in [3.63, 3.8) is 0 Å². The summed E-state index contributed by atoms with van der Waals surface area (Å²) in [7, 11) is 3.99. The van der Waals surface area contributed by atoms with Crippen LogP contribution in [0.3, 0.4) is 0 Å². The maximum Gasteiger partial charge on any atom is 0.322 e. The third kappa shape index (κ3) is 3.42. The molecular formula is C15H23N3O2. The predicted octanol–water partition coefficient (Wildman–Crippen LogP) is 2.05. The van der Waals surface area contributed by atoms with Gasteiger partial charge in [-0.25, -0.2) is 4.79 Å². The lowest BCUT2D eigenvalue weighted by atomic mass is 10.1. The monoisotopic (exact) mass is 277 g/mol. The van der Waals surface area contributed by atoms with Crippen LogP contribution in [0.4, 0.5) is 16.2 Å². The molecule has 2 rings (SSSR count). The molecule has 5 nitrogen and oxygen atoms in total. The Labute approximate surface area is 120 Å². The number of benzene rings is 1. The van der Waals surface area contributed by atoms with E-state index in [2.05, 4.69) is 5.32 Å². The van der Waals surface area contributed by atoms with Gasteiger partial charge in [-0.3, -0.25) is 0 Å². The van der Waals surface area contributed by atoms with E-state index in [1.807, 2.05) is 44.1 Å². The van der Waals surface area contributed by atoms with Gasteiger partial charge in [-0.2, -0.15) is 0 Å². The first-order valence-electron chi connectivity index (χ1n) is 6.99. The van der Waals surface area contributed by atoms with Crippen LogP contribution in [-0.4, -0.2) is 49.3 Å². The Morgan fingerprint density at radius 1 is 1.40 bits per heavy atom. The van der Waals surface area contributed by atoms with Crippen molar-refractivity contribution >= 4 is 17.4 Å². The zero-order valence-electron chi connectivity index (χ0n) is 12.4. The van der Waals surface area contributed by atoms with E-state index in [9.17, 15) is 4.79 Å². The smallest absolute Gasteiger partial charge is 0.322 e. The van der Waals surface area contributed by atoms with Crippen molar-refractivity contribution in [3.05, 3.63) is 23.8 Å². The van der Waals surface area contributed by atoms with E-state index in [1.165, 1.54) is 0 Å². The van der Waals surface area contributed by atoms with Crippen LogP contribution in [0.2, 0.25) is 0 Å². The van der Waals surface area contributed by atoms with Gasteiger partial charge < -0.3 is 20.2 Å². The molecule has 0 radical (unpaired) electrons. The van der Waals surface area contributed by atoms with Crippen LogP contribution in [0.1, 0.15) is 18.4 Å². The normalized spacial score (nSPS) is 14.0. The molecule has 0 bridgehead atoms. The Hall–Kier alpha value is -1.75. The summed E-state index contributed by atoms with van der Waals surface area (Å²) < 4.78 is 0. The molecule has 1 aliphatic rings. The molecule has 0 unspecified atom stereocenters. The molecule has 0 spiro atoms. The lowest BCUT2D eigenvalue weighted by Crippen LogP contribution is -2.38. The third-order valence-corrected chi connectivity index (χ3v) is 3.52. The maximum atomic E-state index is 12.2. The number of hydrogen-bond acceptors (Lipinski definition) is 3. The minimum absolute atomic E-state index is 0.00250. The summed E-state index contributed by atoms with van der Waals surface area (Å²) in [5.41, 5.74) is 3.05. The average Bonchev–Trinajstić information content (AvgIpc) is 3.19. The lowest BCUT2D eigenvalue weighted by Gasteiger charge is -2.22. The zero-order chi connectivity index (χ0) is 14.7. The fourth-order valence-corrected chi connectivity index (χ4v) is 2.37. The number of aryl methyl sites for hydroxylation is 1. The summed E-state index contributed by atoms with van der Waals surface area (Å²) in [6, 6.07) is 6.04. The summed E-state index contributed by atoms with van der Waals surface area (Å²) in [6.07, 6.45) is 2.07. The predicted molar refractivity (Wildman–Crippen MR) is 81.3 cm³/mol. The molecule has 1 aromatic carbocycles. The van der Waals surface area contributed by atoms with Crippen LogP contribution in [0.5, 0.6) is 0 Å². The second kappa shape index (κ2) is 6.13. The number of aliphatic hydroxyl groups excluding tert-OH is 1. The Morgan fingerprint density at radius 2 is 2.10 bits per heavy atom. The number of amides is 2. The first kappa shape index (κ1) is 14.7. The van der Waals surface area contributed by atoms with Gasteiger partial charge in [0.05, 0.1) is 6.61 Å². The van der Waals surface area contributed by atoms with Crippen molar-refractivity contribution in [3.8, 4) is 0 Å². The second-order valence-electron chi connectivity index (χ2n) is 5.47. The van der Waals surface area contributed by atoms with E-state index >= 15 is 0 Å². The van der Waals surface area contributed by atoms with E-state index < -0.39 is 0 Å². The molecule has 1 saturated carbocycles. The molecule has 0 atom stereocenters. The number of rotatable bonds is 5. The van der Waals surface area contributed by atoms with Crippen molar-refractivity contribution in [2.75, 3.05) is 37.5 Å². The highest BCUT2D eigenvalue weighted by molar-refractivity contribution is 5.90. The van der Waals surface area contributed by atoms with Gasteiger partial charge in [0.1, 0.15) is 0 Å². The average molecular weight is 277 g/mol. The summed E-state index contributed by atoms with van der Waals surface area (Å²) in [4.78, 5) is 16.0. The van der Waals surface area contributed by atoms with Crippen LogP contribution in [0, 0.1) is 6.92 Å². The van der Waals surface area contributed by atoms with Crippen molar-refractivity contribution in [2.45, 2.75) is 25.8 Å². The van der Waals surface area contributed by atoms with Gasteiger partial charge in [-0.15, -0.1) is 0 Å². The minimum Gasteiger partial charge on any atom is -0.395 e. The molecule has 0 aliphatic heterocycles. The number of carbonyl (C=O) groups excluding carboxylic acids is 1. The van der Waals surface area contributed by atoms with E-state index in [-0.39, 0.29) is 12.6 Å². The standard InChI is InChI=1S/C15H23N3O2/c1-11-10-12(4-7-14(11)17(2)3)16-15(20)18(8-9-19)13-5-6-13/h4,7,10,13,19H,5-6,8-9H2,1-3H3,(H,16,20). The van der Waals surface area contributed by atoms with Crippen molar-refractivity contribution < 1.29 is 9.90 Å². The highest BCUT2D eigenvalue weighted by atomic mass is 16.3. The van der Waals surface area contributed by atoms with E-state index in [1.54, 1.807) is 4.90 Å². The Bertz CT molecular complexity index is 484. The maximum absolute atomic E-state index is 12.2. The summed E-state index contributed by atoms with van der Waals surface area (Å²) in [5, 5.41) is 12.0. The van der Waals surface area contributed by atoms with Crippen LogP contribution in [0.15, 0.2) is 18.2 Å². The van der Waals surface area contributed by atoms with E-state index in [0.29, 0.717) is 12.6 Å². The van der Waals surface area contributed by atoms with Gasteiger partial charge in [-0.1, -0.05) is 0 Å². The first-order valence-corrected chi connectivity index (χ1v) is 6.99. The summed E-state index contributed by atoms with van der Waals surface area (Å²) in [6.45, 7) is 2.42. The minimum atomic E-state index is -0.126. The molecule has 5 heteroatoms. The summed E-state index contributed by atoms with van der Waals surface area (Å²) >= 11 is 0. The fourth-order valence-electron chi connectivity index (χ4n) is 2.37. The van der Waals surface area contributed by atoms with Crippen LogP contribution < -0.4 is 10.2 Å². The molecule has 110 valence electrons. The lowest BCUT2D eigenvalue weighted by molar-refractivity contribution is 0.185. The first-order chi connectivity index (χ1) is 9.52. The molecule has 2 N–H and O–H groups in total. The number of hydrogen-bond donors (Lipinski definition) is 2. The van der Waals surface area contributed by atoms with E-state index in [0.717, 1.165) is 29.8 Å². The molecule has 0 heterocycles. The van der Waals surface area contributed by atoms with Gasteiger partial charge in [0.25, 0.3) is 0 Å². The topological polar surface area (TPSA) is 55.8 Å². The van der Waals surface area contributed by atoms with Gasteiger partial charge >= 0.3 is 6.03 Å². The van der Waals surface area contributed by atoms with Crippen LogP contribution >= 0.6 is 0 Å². The van der Waals surface area contributed by atoms with Crippen molar-refractivity contribution in [1.82, 2.24) is 4.90 Å². The molecule has 0 saturated heterocycles. The molecule has 1 aromatic rings. The number of nitrogens with zero attached hydrogens (tertiary/aromatic N) is 2. The molecule has 20 heavy (non-hydrogen) atoms. The zero-order valence-corrected chi connectivity index (χ0v) is 12.4. The third-order valence-electron chi connectivity index (χ3n) is 3.52. The number of carbonyl (C=O) groups is 1. The molecule has 0 aromatic heterocycles. The van der Waals surface area contributed by atoms with Gasteiger partial charge in [0.2, 0.25) is 0 Å². The van der Waals surface area contributed by atoms with E-state index in [4.69, 9.17) is 5.11 Å². The number of urea groups is 1.